The maximum absolute atomic E-state index is 6.28. The molecule has 1 fully saturated rings. The van der Waals surface area contributed by atoms with Gasteiger partial charge < -0.3 is 10.5 Å². The lowest BCUT2D eigenvalue weighted by Gasteiger charge is -2.13. The second-order valence-corrected chi connectivity index (χ2v) is 7.15. The highest BCUT2D eigenvalue weighted by Crippen LogP contribution is 2.31. The van der Waals surface area contributed by atoms with Gasteiger partial charge in [-0.05, 0) is 58.6 Å². The summed E-state index contributed by atoms with van der Waals surface area (Å²) in [6.07, 6.45) is 2.81. The van der Waals surface area contributed by atoms with Crippen molar-refractivity contribution in [3.05, 3.63) is 58.6 Å². The third-order valence-electron chi connectivity index (χ3n) is 3.39. The van der Waals surface area contributed by atoms with E-state index in [0.717, 1.165) is 21.5 Å². The van der Waals surface area contributed by atoms with Crippen molar-refractivity contribution < 1.29 is 4.74 Å². The third-order valence-corrected chi connectivity index (χ3v) is 5.54. The van der Waals surface area contributed by atoms with Crippen molar-refractivity contribution in [2.24, 2.45) is 5.73 Å². The lowest BCUT2D eigenvalue weighted by Crippen LogP contribution is -2.12. The Hall–Kier alpha value is -0.970. The van der Waals surface area contributed by atoms with Crippen molar-refractivity contribution >= 4 is 27.7 Å². The summed E-state index contributed by atoms with van der Waals surface area (Å²) in [7, 11) is 0. The zero-order valence-electron chi connectivity index (χ0n) is 11.7. The van der Waals surface area contributed by atoms with Crippen molar-refractivity contribution in [3.8, 4) is 5.75 Å². The summed E-state index contributed by atoms with van der Waals surface area (Å²) < 4.78 is 6.87. The highest BCUT2D eigenvalue weighted by atomic mass is 79.9. The highest BCUT2D eigenvalue weighted by molar-refractivity contribution is 9.10. The van der Waals surface area contributed by atoms with Gasteiger partial charge in [0.2, 0.25) is 0 Å². The number of hydrogen-bond acceptors (Lipinski definition) is 3. The van der Waals surface area contributed by atoms with Crippen LogP contribution in [0.4, 0.5) is 0 Å². The van der Waals surface area contributed by atoms with Crippen LogP contribution in [-0.4, -0.2) is 11.9 Å². The molecule has 1 aliphatic carbocycles. The van der Waals surface area contributed by atoms with E-state index < -0.39 is 0 Å². The van der Waals surface area contributed by atoms with E-state index in [-0.39, 0.29) is 6.04 Å². The second-order valence-electron chi connectivity index (χ2n) is 5.23. The van der Waals surface area contributed by atoms with Crippen LogP contribution >= 0.6 is 27.7 Å². The Morgan fingerprint density at radius 1 is 1.14 bits per heavy atom. The molecule has 0 saturated heterocycles. The summed E-state index contributed by atoms with van der Waals surface area (Å²) >= 11 is 5.33. The van der Waals surface area contributed by atoms with Gasteiger partial charge in [-0.1, -0.05) is 24.3 Å². The van der Waals surface area contributed by atoms with Crippen molar-refractivity contribution in [2.75, 3.05) is 5.75 Å². The molecule has 1 atom stereocenters. The topological polar surface area (TPSA) is 35.2 Å². The quantitative estimate of drug-likeness (QED) is 0.749. The third kappa shape index (κ3) is 4.25. The van der Waals surface area contributed by atoms with E-state index >= 15 is 0 Å². The van der Waals surface area contributed by atoms with Crippen molar-refractivity contribution in [1.82, 2.24) is 0 Å². The standard InChI is InChI=1S/C17H18BrNOS/c18-15-3-1-2-4-17(15)21-11-16(19)12-5-7-13(8-6-12)20-14-9-10-14/h1-8,14,16H,9-11,19H2. The minimum Gasteiger partial charge on any atom is -0.490 e. The van der Waals surface area contributed by atoms with Crippen LogP contribution in [0.15, 0.2) is 57.9 Å². The maximum atomic E-state index is 6.28. The molecule has 2 N–H and O–H groups in total. The Bertz CT molecular complexity index is 598. The van der Waals surface area contributed by atoms with Crippen LogP contribution in [-0.2, 0) is 0 Å². The van der Waals surface area contributed by atoms with E-state index in [0.29, 0.717) is 6.10 Å². The van der Waals surface area contributed by atoms with Gasteiger partial charge >= 0.3 is 0 Å². The molecule has 1 unspecified atom stereocenters. The minimum atomic E-state index is 0.0251. The van der Waals surface area contributed by atoms with E-state index in [1.807, 2.05) is 24.3 Å². The van der Waals surface area contributed by atoms with Crippen molar-refractivity contribution in [1.29, 1.82) is 0 Å². The molecule has 1 saturated carbocycles. The zero-order valence-corrected chi connectivity index (χ0v) is 14.1. The predicted molar refractivity (Wildman–Crippen MR) is 91.9 cm³/mol. The molecule has 0 heterocycles. The first-order chi connectivity index (χ1) is 10.2. The highest BCUT2D eigenvalue weighted by Gasteiger charge is 2.23. The summed E-state index contributed by atoms with van der Waals surface area (Å²) in [6.45, 7) is 0. The molecule has 0 aliphatic heterocycles. The molecule has 1 aliphatic rings. The molecule has 0 aromatic heterocycles. The number of halogens is 1. The zero-order chi connectivity index (χ0) is 14.7. The fraction of sp³-hybridized carbons (Fsp3) is 0.294. The molecular formula is C17H18BrNOS. The van der Waals surface area contributed by atoms with E-state index in [1.54, 1.807) is 11.8 Å². The second kappa shape index (κ2) is 6.86. The SMILES string of the molecule is NC(CSc1ccccc1Br)c1ccc(OC2CC2)cc1. The molecule has 0 bridgehead atoms. The molecule has 2 aromatic rings. The number of benzene rings is 2. The normalized spacial score (nSPS) is 15.7. The van der Waals surface area contributed by atoms with Crippen LogP contribution < -0.4 is 10.5 Å². The van der Waals surface area contributed by atoms with E-state index in [2.05, 4.69) is 40.2 Å². The van der Waals surface area contributed by atoms with Gasteiger partial charge in [0.1, 0.15) is 5.75 Å². The Kier molecular flexibility index (Phi) is 4.88. The number of hydrogen-bond donors (Lipinski definition) is 1. The fourth-order valence-corrected chi connectivity index (χ4v) is 3.57. The summed E-state index contributed by atoms with van der Waals surface area (Å²) in [5.74, 6) is 1.80. The number of nitrogens with two attached hydrogens (primary N) is 1. The fourth-order valence-electron chi connectivity index (χ4n) is 2.01. The Morgan fingerprint density at radius 3 is 2.52 bits per heavy atom. The van der Waals surface area contributed by atoms with E-state index in [9.17, 15) is 0 Å². The van der Waals surface area contributed by atoms with Crippen LogP contribution in [0.1, 0.15) is 24.4 Å². The molecule has 0 radical (unpaired) electrons. The Labute approximate surface area is 138 Å². The summed E-state index contributed by atoms with van der Waals surface area (Å²) in [5.41, 5.74) is 7.43. The number of rotatable bonds is 6. The maximum Gasteiger partial charge on any atom is 0.119 e. The first-order valence-electron chi connectivity index (χ1n) is 7.12. The van der Waals surface area contributed by atoms with Crippen LogP contribution in [0.25, 0.3) is 0 Å². The largest absolute Gasteiger partial charge is 0.490 e. The molecule has 21 heavy (non-hydrogen) atoms. The van der Waals surface area contributed by atoms with Crippen molar-refractivity contribution in [3.63, 3.8) is 0 Å². The van der Waals surface area contributed by atoms with Gasteiger partial charge in [-0.25, -0.2) is 0 Å². The molecule has 110 valence electrons. The molecule has 4 heteroatoms. The van der Waals surface area contributed by atoms with Crippen LogP contribution in [0.2, 0.25) is 0 Å². The summed E-state index contributed by atoms with van der Waals surface area (Å²) in [6, 6.07) is 16.4. The van der Waals surface area contributed by atoms with Gasteiger partial charge in [-0.15, -0.1) is 11.8 Å². The summed E-state index contributed by atoms with van der Waals surface area (Å²) in [5, 5.41) is 0. The smallest absolute Gasteiger partial charge is 0.119 e. The first-order valence-corrected chi connectivity index (χ1v) is 8.90. The van der Waals surface area contributed by atoms with Crippen LogP contribution in [0.5, 0.6) is 5.75 Å². The molecule has 0 spiro atoms. The minimum absolute atomic E-state index is 0.0251. The first kappa shape index (κ1) is 14.9. The van der Waals surface area contributed by atoms with Crippen LogP contribution in [0, 0.1) is 0 Å². The number of thioether (sulfide) groups is 1. The summed E-state index contributed by atoms with van der Waals surface area (Å²) in [4.78, 5) is 1.22. The van der Waals surface area contributed by atoms with Crippen LogP contribution in [0.3, 0.4) is 0 Å². The van der Waals surface area contributed by atoms with Gasteiger partial charge in [-0.3, -0.25) is 0 Å². The van der Waals surface area contributed by atoms with E-state index in [4.69, 9.17) is 10.5 Å². The van der Waals surface area contributed by atoms with Gasteiger partial charge in [-0.2, -0.15) is 0 Å². The average Bonchev–Trinajstić information content (AvgIpc) is 3.31. The van der Waals surface area contributed by atoms with E-state index in [1.165, 1.54) is 17.7 Å². The van der Waals surface area contributed by atoms with Gasteiger partial charge in [0.25, 0.3) is 0 Å². The molecular weight excluding hydrogens is 346 g/mol. The lowest BCUT2D eigenvalue weighted by atomic mass is 10.1. The van der Waals surface area contributed by atoms with Gasteiger partial charge in [0.05, 0.1) is 6.10 Å². The molecule has 0 amide bonds. The average molecular weight is 364 g/mol. The molecule has 2 nitrogen and oxygen atoms in total. The molecule has 3 rings (SSSR count). The van der Waals surface area contributed by atoms with Gasteiger partial charge in [0, 0.05) is 21.2 Å². The Morgan fingerprint density at radius 2 is 1.86 bits per heavy atom. The molecule has 2 aromatic carbocycles. The lowest BCUT2D eigenvalue weighted by molar-refractivity contribution is 0.303. The van der Waals surface area contributed by atoms with Crippen molar-refractivity contribution in [2.45, 2.75) is 29.9 Å². The predicted octanol–water partition coefficient (Wildman–Crippen LogP) is 4.78. The van der Waals surface area contributed by atoms with Gasteiger partial charge in [0.15, 0.2) is 0 Å². The number of ether oxygens (including phenoxy) is 1. The monoisotopic (exact) mass is 363 g/mol. The Balaban J connectivity index is 1.57.